The van der Waals surface area contributed by atoms with E-state index in [1.807, 2.05) is 0 Å². The lowest BCUT2D eigenvalue weighted by Crippen LogP contribution is -2.37. The number of hydrogen-bond acceptors (Lipinski definition) is 5. The Morgan fingerprint density at radius 1 is 1.30 bits per heavy atom. The molecule has 1 unspecified atom stereocenters. The van der Waals surface area contributed by atoms with E-state index in [2.05, 4.69) is 5.32 Å². The molecule has 0 saturated carbocycles. The monoisotopic (exact) mass is 323 g/mol. The highest BCUT2D eigenvalue weighted by Crippen LogP contribution is 2.14. The number of carboxylic acids is 1. The summed E-state index contributed by atoms with van der Waals surface area (Å²) in [5, 5.41) is 11.3. The van der Waals surface area contributed by atoms with Gasteiger partial charge in [-0.2, -0.15) is 0 Å². The van der Waals surface area contributed by atoms with Crippen LogP contribution >= 0.6 is 0 Å². The van der Waals surface area contributed by atoms with Crippen molar-refractivity contribution >= 4 is 17.7 Å². The minimum atomic E-state index is -1.12. The molecule has 0 saturated heterocycles. The van der Waals surface area contributed by atoms with Crippen LogP contribution in [0.4, 0.5) is 0 Å². The van der Waals surface area contributed by atoms with Crippen LogP contribution in [-0.2, 0) is 14.3 Å². The third-order valence-electron chi connectivity index (χ3n) is 3.10. The summed E-state index contributed by atoms with van der Waals surface area (Å²) in [4.78, 5) is 33.6. The molecule has 1 rings (SSSR count). The summed E-state index contributed by atoms with van der Waals surface area (Å²) in [5.41, 5.74) is 0.569. The van der Waals surface area contributed by atoms with E-state index in [9.17, 15) is 14.4 Å². The number of nitrogens with one attached hydrogen (secondary N) is 1. The average molecular weight is 323 g/mol. The highest BCUT2D eigenvalue weighted by molar-refractivity contribution is 5.94. The second-order valence-electron chi connectivity index (χ2n) is 4.90. The van der Waals surface area contributed by atoms with Gasteiger partial charge in [0.1, 0.15) is 5.75 Å². The first kappa shape index (κ1) is 18.6. The van der Waals surface area contributed by atoms with E-state index in [1.54, 1.807) is 24.3 Å². The molecule has 0 heterocycles. The molecule has 0 aliphatic rings. The Labute approximate surface area is 134 Å². The van der Waals surface area contributed by atoms with E-state index in [0.717, 1.165) is 0 Å². The zero-order valence-corrected chi connectivity index (χ0v) is 13.2. The molecule has 0 aromatic heterocycles. The zero-order chi connectivity index (χ0) is 17.2. The number of amides is 1. The molecule has 126 valence electrons. The van der Waals surface area contributed by atoms with E-state index in [0.29, 0.717) is 24.3 Å². The van der Waals surface area contributed by atoms with Gasteiger partial charge in [-0.15, -0.1) is 0 Å². The number of carbonyl (C=O) groups excluding carboxylic acids is 2. The third kappa shape index (κ3) is 6.92. The summed E-state index contributed by atoms with van der Waals surface area (Å²) in [6.45, 7) is 1.72. The van der Waals surface area contributed by atoms with Gasteiger partial charge in [0.2, 0.25) is 5.91 Å². The van der Waals surface area contributed by atoms with Crippen molar-refractivity contribution in [2.45, 2.75) is 25.9 Å². The van der Waals surface area contributed by atoms with Crippen molar-refractivity contribution in [3.63, 3.8) is 0 Å². The van der Waals surface area contributed by atoms with Crippen molar-refractivity contribution in [2.24, 2.45) is 0 Å². The highest BCUT2D eigenvalue weighted by Gasteiger charge is 2.16. The van der Waals surface area contributed by atoms with Crippen LogP contribution < -0.4 is 10.1 Å². The number of methoxy groups -OCH3 is 1. The minimum Gasteiger partial charge on any atom is -0.494 e. The van der Waals surface area contributed by atoms with Gasteiger partial charge in [0.05, 0.1) is 13.2 Å². The van der Waals surface area contributed by atoms with E-state index < -0.39 is 12.1 Å². The number of carboxylic acid groups (broad SMARTS) is 1. The van der Waals surface area contributed by atoms with Crippen LogP contribution in [0, 0.1) is 0 Å². The predicted octanol–water partition coefficient (Wildman–Crippen LogP) is 1.26. The molecule has 7 heteroatoms. The Morgan fingerprint density at radius 3 is 2.65 bits per heavy atom. The van der Waals surface area contributed by atoms with Gasteiger partial charge in [-0.1, -0.05) is 12.1 Å². The molecule has 1 aromatic rings. The van der Waals surface area contributed by atoms with Gasteiger partial charge >= 0.3 is 5.97 Å². The Hall–Kier alpha value is -2.41. The highest BCUT2D eigenvalue weighted by atomic mass is 16.5. The third-order valence-corrected chi connectivity index (χ3v) is 3.10. The van der Waals surface area contributed by atoms with E-state index in [4.69, 9.17) is 14.6 Å². The maximum atomic E-state index is 11.6. The number of aliphatic carboxylic acids is 1. The van der Waals surface area contributed by atoms with Gasteiger partial charge in [0, 0.05) is 19.1 Å². The largest absolute Gasteiger partial charge is 0.494 e. The number of rotatable bonds is 10. The lowest BCUT2D eigenvalue weighted by Gasteiger charge is -2.11. The summed E-state index contributed by atoms with van der Waals surface area (Å²) in [6.07, 6.45) is -0.368. The van der Waals surface area contributed by atoms with Crippen molar-refractivity contribution in [3.05, 3.63) is 29.8 Å². The molecule has 1 aromatic carbocycles. The lowest BCUT2D eigenvalue weighted by atomic mass is 10.1. The van der Waals surface area contributed by atoms with Gasteiger partial charge in [-0.25, -0.2) is 4.79 Å². The summed E-state index contributed by atoms with van der Waals surface area (Å²) in [5.74, 6) is -0.861. The summed E-state index contributed by atoms with van der Waals surface area (Å²) in [6, 6.07) is 6.83. The maximum Gasteiger partial charge on any atom is 0.334 e. The second kappa shape index (κ2) is 9.58. The normalized spacial score (nSPS) is 11.6. The number of benzene rings is 1. The van der Waals surface area contributed by atoms with Crippen molar-refractivity contribution < 1.29 is 29.0 Å². The molecule has 0 radical (unpaired) electrons. The molecule has 2 N–H and O–H groups in total. The van der Waals surface area contributed by atoms with E-state index in [-0.39, 0.29) is 24.7 Å². The standard InChI is InChI=1S/C16H21NO6/c1-11(18)12-5-3-6-13(9-12)23-8-4-7-15(19)17-10-14(22-2)16(20)21/h3,5-6,9,14H,4,7-8,10H2,1-2H3,(H,17,19)(H,20,21). The molecule has 23 heavy (non-hydrogen) atoms. The SMILES string of the molecule is COC(CNC(=O)CCCOc1cccc(C(C)=O)c1)C(=O)O. The Balaban J connectivity index is 2.26. The molecule has 0 bridgehead atoms. The fourth-order valence-corrected chi connectivity index (χ4v) is 1.79. The van der Waals surface area contributed by atoms with Gasteiger partial charge in [0.15, 0.2) is 11.9 Å². The van der Waals surface area contributed by atoms with Crippen molar-refractivity contribution in [1.82, 2.24) is 5.32 Å². The maximum absolute atomic E-state index is 11.6. The Morgan fingerprint density at radius 2 is 2.04 bits per heavy atom. The Bertz CT molecular complexity index is 557. The van der Waals surface area contributed by atoms with Crippen molar-refractivity contribution in [2.75, 3.05) is 20.3 Å². The minimum absolute atomic E-state index is 0.0408. The number of ketones is 1. The number of Topliss-reactive ketones (excluding diaryl/α,β-unsaturated/α-hetero) is 1. The van der Waals surface area contributed by atoms with Gasteiger partial charge in [-0.05, 0) is 25.5 Å². The lowest BCUT2D eigenvalue weighted by molar-refractivity contribution is -0.148. The topological polar surface area (TPSA) is 102 Å². The predicted molar refractivity (Wildman–Crippen MR) is 82.6 cm³/mol. The molecular formula is C16H21NO6. The molecule has 7 nitrogen and oxygen atoms in total. The molecule has 0 fully saturated rings. The molecular weight excluding hydrogens is 302 g/mol. The zero-order valence-electron chi connectivity index (χ0n) is 13.2. The van der Waals surface area contributed by atoms with Crippen LogP contribution in [0.25, 0.3) is 0 Å². The molecule has 0 aliphatic heterocycles. The van der Waals surface area contributed by atoms with Crippen LogP contribution in [0.3, 0.4) is 0 Å². The average Bonchev–Trinajstić information content (AvgIpc) is 2.52. The molecule has 0 spiro atoms. The van der Waals surface area contributed by atoms with Gasteiger partial charge < -0.3 is 19.9 Å². The quantitative estimate of drug-likeness (QED) is 0.496. The van der Waals surface area contributed by atoms with Crippen LogP contribution in [0.5, 0.6) is 5.75 Å². The fraction of sp³-hybridized carbons (Fsp3) is 0.438. The number of hydrogen-bond donors (Lipinski definition) is 2. The molecule has 1 atom stereocenters. The van der Waals surface area contributed by atoms with Crippen molar-refractivity contribution in [1.29, 1.82) is 0 Å². The van der Waals surface area contributed by atoms with Crippen LogP contribution in [0.15, 0.2) is 24.3 Å². The summed E-state index contributed by atoms with van der Waals surface area (Å²) < 4.78 is 10.2. The summed E-state index contributed by atoms with van der Waals surface area (Å²) in [7, 11) is 1.27. The van der Waals surface area contributed by atoms with Crippen LogP contribution in [0.1, 0.15) is 30.1 Å². The summed E-state index contributed by atoms with van der Waals surface area (Å²) >= 11 is 0. The fourth-order valence-electron chi connectivity index (χ4n) is 1.79. The van der Waals surface area contributed by atoms with E-state index in [1.165, 1.54) is 14.0 Å². The van der Waals surface area contributed by atoms with Gasteiger partial charge in [0.25, 0.3) is 0 Å². The van der Waals surface area contributed by atoms with Crippen LogP contribution in [-0.4, -0.2) is 49.1 Å². The first-order chi connectivity index (χ1) is 10.9. The molecule has 0 aliphatic carbocycles. The molecule has 1 amide bonds. The van der Waals surface area contributed by atoms with Crippen molar-refractivity contribution in [3.8, 4) is 5.75 Å². The van der Waals surface area contributed by atoms with Crippen LogP contribution in [0.2, 0.25) is 0 Å². The number of carbonyl (C=O) groups is 3. The van der Waals surface area contributed by atoms with Gasteiger partial charge in [-0.3, -0.25) is 9.59 Å². The smallest absolute Gasteiger partial charge is 0.334 e. The first-order valence-corrected chi connectivity index (χ1v) is 7.20. The first-order valence-electron chi connectivity index (χ1n) is 7.20. The van der Waals surface area contributed by atoms with E-state index >= 15 is 0 Å². The number of ether oxygens (including phenoxy) is 2. The second-order valence-corrected chi connectivity index (χ2v) is 4.90. The Kier molecular flexibility index (Phi) is 7.76.